The van der Waals surface area contributed by atoms with Gasteiger partial charge in [-0.15, -0.1) is 0 Å². The third-order valence-electron chi connectivity index (χ3n) is 4.24. The molecule has 0 aliphatic carbocycles. The van der Waals surface area contributed by atoms with Gasteiger partial charge in [0.25, 0.3) is 5.91 Å². The Morgan fingerprint density at radius 1 is 1.04 bits per heavy atom. The highest BCUT2D eigenvalue weighted by molar-refractivity contribution is 7.89. The van der Waals surface area contributed by atoms with Crippen molar-refractivity contribution in [2.45, 2.75) is 31.7 Å². The third-order valence-corrected chi connectivity index (χ3v) is 6.31. The Morgan fingerprint density at radius 3 is 2.08 bits per heavy atom. The largest absolute Gasteiger partial charge is 0.399 e. The monoisotopic (exact) mass is 375 g/mol. The molecule has 26 heavy (non-hydrogen) atoms. The fraction of sp³-hybridized carbons (Fsp3) is 0.316. The van der Waals surface area contributed by atoms with Crippen LogP contribution in [0.1, 0.15) is 42.7 Å². The lowest BCUT2D eigenvalue weighted by molar-refractivity contribution is 0.0940. The van der Waals surface area contributed by atoms with Crippen LogP contribution in [0.25, 0.3) is 0 Å². The summed E-state index contributed by atoms with van der Waals surface area (Å²) in [6, 6.07) is 13.0. The van der Waals surface area contributed by atoms with E-state index in [0.29, 0.717) is 24.3 Å². The van der Waals surface area contributed by atoms with Crippen molar-refractivity contribution in [2.75, 3.05) is 18.8 Å². The molecular weight excluding hydrogens is 350 g/mol. The number of nitrogens with zero attached hydrogens (tertiary/aromatic N) is 1. The van der Waals surface area contributed by atoms with Crippen LogP contribution in [0.5, 0.6) is 0 Å². The van der Waals surface area contributed by atoms with Gasteiger partial charge in [-0.05, 0) is 48.9 Å². The molecule has 2 aromatic rings. The molecule has 0 saturated carbocycles. The van der Waals surface area contributed by atoms with Crippen molar-refractivity contribution in [3.8, 4) is 0 Å². The number of nitrogens with two attached hydrogens (primary N) is 1. The third kappa shape index (κ3) is 4.42. The number of carbonyl (C=O) groups excluding carboxylic acids is 1. The van der Waals surface area contributed by atoms with E-state index in [2.05, 4.69) is 5.32 Å². The van der Waals surface area contributed by atoms with Crippen LogP contribution in [0.4, 0.5) is 5.69 Å². The molecule has 0 spiro atoms. The molecule has 1 amide bonds. The van der Waals surface area contributed by atoms with Gasteiger partial charge in [-0.25, -0.2) is 8.42 Å². The molecule has 6 nitrogen and oxygen atoms in total. The number of hydrogen-bond donors (Lipinski definition) is 2. The molecule has 140 valence electrons. The van der Waals surface area contributed by atoms with E-state index in [1.54, 1.807) is 48.5 Å². The van der Waals surface area contributed by atoms with Crippen molar-refractivity contribution in [2.24, 2.45) is 0 Å². The maximum atomic E-state index is 12.5. The molecule has 0 saturated heterocycles. The first-order valence-electron chi connectivity index (χ1n) is 8.56. The first-order valence-corrected chi connectivity index (χ1v) is 10.00. The van der Waals surface area contributed by atoms with Gasteiger partial charge in [-0.3, -0.25) is 4.79 Å². The molecule has 0 heterocycles. The van der Waals surface area contributed by atoms with Crippen LogP contribution in [0.15, 0.2) is 53.4 Å². The second-order valence-corrected chi connectivity index (χ2v) is 7.91. The highest BCUT2D eigenvalue weighted by Crippen LogP contribution is 2.20. The number of nitrogen functional groups attached to an aromatic ring is 1. The summed E-state index contributed by atoms with van der Waals surface area (Å²) in [5, 5.41) is 2.90. The quantitative estimate of drug-likeness (QED) is 0.728. The summed E-state index contributed by atoms with van der Waals surface area (Å²) in [5.74, 6) is -0.211. The Labute approximate surface area is 155 Å². The number of hydrogen-bond acceptors (Lipinski definition) is 4. The molecule has 2 aromatic carbocycles. The van der Waals surface area contributed by atoms with Crippen LogP contribution in [-0.2, 0) is 10.0 Å². The van der Waals surface area contributed by atoms with Crippen LogP contribution in [0, 0.1) is 0 Å². The standard InChI is InChI=1S/C19H25N3O3S/c1-4-22(5-2)26(24,25)18-12-8-15(9-13-18)14(3)21-19(23)16-6-10-17(20)11-7-16/h6-14H,4-5,20H2,1-3H3,(H,21,23). The number of rotatable bonds is 7. The summed E-state index contributed by atoms with van der Waals surface area (Å²) >= 11 is 0. The van der Waals surface area contributed by atoms with E-state index >= 15 is 0 Å². The van der Waals surface area contributed by atoms with Crippen molar-refractivity contribution in [1.29, 1.82) is 0 Å². The molecule has 0 bridgehead atoms. The Balaban J connectivity index is 2.12. The molecular formula is C19H25N3O3S. The van der Waals surface area contributed by atoms with Gasteiger partial charge < -0.3 is 11.1 Å². The summed E-state index contributed by atoms with van der Waals surface area (Å²) in [7, 11) is -3.48. The molecule has 1 atom stereocenters. The molecule has 7 heteroatoms. The first-order chi connectivity index (χ1) is 12.3. The summed E-state index contributed by atoms with van der Waals surface area (Å²) in [4.78, 5) is 12.5. The number of sulfonamides is 1. The van der Waals surface area contributed by atoms with Crippen LogP contribution < -0.4 is 11.1 Å². The van der Waals surface area contributed by atoms with Gasteiger partial charge in [0, 0.05) is 24.3 Å². The topological polar surface area (TPSA) is 92.5 Å². The Morgan fingerprint density at radius 2 is 1.58 bits per heavy atom. The molecule has 0 aliphatic heterocycles. The minimum Gasteiger partial charge on any atom is -0.399 e. The van der Waals surface area contributed by atoms with Crippen molar-refractivity contribution in [3.63, 3.8) is 0 Å². The predicted molar refractivity (Wildman–Crippen MR) is 103 cm³/mol. The number of nitrogens with one attached hydrogen (secondary N) is 1. The van der Waals surface area contributed by atoms with E-state index < -0.39 is 10.0 Å². The van der Waals surface area contributed by atoms with E-state index in [9.17, 15) is 13.2 Å². The number of anilines is 1. The predicted octanol–water partition coefficient (Wildman–Crippen LogP) is 2.79. The van der Waals surface area contributed by atoms with Gasteiger partial charge in [0.05, 0.1) is 10.9 Å². The minimum atomic E-state index is -3.48. The average Bonchev–Trinajstić information content (AvgIpc) is 2.63. The second kappa shape index (κ2) is 8.33. The lowest BCUT2D eigenvalue weighted by atomic mass is 10.1. The summed E-state index contributed by atoms with van der Waals surface area (Å²) in [6.45, 7) is 6.32. The number of benzene rings is 2. The summed E-state index contributed by atoms with van der Waals surface area (Å²) < 4.78 is 26.4. The number of amides is 1. The minimum absolute atomic E-state index is 0.211. The molecule has 0 radical (unpaired) electrons. The van der Waals surface area contributed by atoms with Gasteiger partial charge in [-0.2, -0.15) is 4.31 Å². The highest BCUT2D eigenvalue weighted by Gasteiger charge is 2.21. The maximum Gasteiger partial charge on any atom is 0.251 e. The van der Waals surface area contributed by atoms with Gasteiger partial charge in [-0.1, -0.05) is 26.0 Å². The maximum absolute atomic E-state index is 12.5. The molecule has 0 aromatic heterocycles. The highest BCUT2D eigenvalue weighted by atomic mass is 32.2. The fourth-order valence-electron chi connectivity index (χ4n) is 2.64. The van der Waals surface area contributed by atoms with Crippen LogP contribution >= 0.6 is 0 Å². The van der Waals surface area contributed by atoms with E-state index in [4.69, 9.17) is 5.73 Å². The Bertz CT molecular complexity index is 843. The Kier molecular flexibility index (Phi) is 6.39. The van der Waals surface area contributed by atoms with Crippen molar-refractivity contribution < 1.29 is 13.2 Å². The summed E-state index contributed by atoms with van der Waals surface area (Å²) in [5.41, 5.74) is 7.57. The lowest BCUT2D eigenvalue weighted by Gasteiger charge is -2.19. The van der Waals surface area contributed by atoms with Gasteiger partial charge >= 0.3 is 0 Å². The second-order valence-electron chi connectivity index (χ2n) is 5.98. The number of carbonyl (C=O) groups is 1. The van der Waals surface area contributed by atoms with E-state index in [-0.39, 0.29) is 16.8 Å². The fourth-order valence-corrected chi connectivity index (χ4v) is 4.10. The molecule has 0 aliphatic rings. The van der Waals surface area contributed by atoms with Crippen molar-refractivity contribution in [1.82, 2.24) is 9.62 Å². The molecule has 0 fully saturated rings. The zero-order chi connectivity index (χ0) is 19.3. The van der Waals surface area contributed by atoms with Crippen LogP contribution in [0.3, 0.4) is 0 Å². The SMILES string of the molecule is CCN(CC)S(=O)(=O)c1ccc(C(C)NC(=O)c2ccc(N)cc2)cc1. The zero-order valence-corrected chi connectivity index (χ0v) is 16.1. The van der Waals surface area contributed by atoms with Crippen LogP contribution in [0.2, 0.25) is 0 Å². The zero-order valence-electron chi connectivity index (χ0n) is 15.3. The average molecular weight is 375 g/mol. The van der Waals surface area contributed by atoms with Crippen molar-refractivity contribution >= 4 is 21.6 Å². The molecule has 2 rings (SSSR count). The van der Waals surface area contributed by atoms with E-state index in [1.165, 1.54) is 4.31 Å². The normalized spacial score (nSPS) is 12.8. The van der Waals surface area contributed by atoms with Gasteiger partial charge in [0.15, 0.2) is 0 Å². The smallest absolute Gasteiger partial charge is 0.251 e. The van der Waals surface area contributed by atoms with Gasteiger partial charge in [0.1, 0.15) is 0 Å². The van der Waals surface area contributed by atoms with Crippen LogP contribution in [-0.4, -0.2) is 31.7 Å². The van der Waals surface area contributed by atoms with Gasteiger partial charge in [0.2, 0.25) is 10.0 Å². The molecule has 3 N–H and O–H groups in total. The summed E-state index contributed by atoms with van der Waals surface area (Å²) in [6.07, 6.45) is 0. The first kappa shape index (κ1) is 19.9. The Hall–Kier alpha value is -2.38. The van der Waals surface area contributed by atoms with E-state index in [1.807, 2.05) is 20.8 Å². The lowest BCUT2D eigenvalue weighted by Crippen LogP contribution is -2.30. The van der Waals surface area contributed by atoms with Crippen molar-refractivity contribution in [3.05, 3.63) is 59.7 Å². The molecule has 1 unspecified atom stereocenters. The van der Waals surface area contributed by atoms with E-state index in [0.717, 1.165) is 5.56 Å².